The molecular formula is C24H24O10. The van der Waals surface area contributed by atoms with Crippen molar-refractivity contribution in [2.75, 3.05) is 7.11 Å². The summed E-state index contributed by atoms with van der Waals surface area (Å²) in [4.78, 5) is 39.6. The molecule has 3 aliphatic heterocycles. The Morgan fingerprint density at radius 3 is 2.65 bits per heavy atom. The van der Waals surface area contributed by atoms with Crippen LogP contribution < -0.4 is 14.9 Å². The number of aliphatic hydroxyl groups excluding tert-OH is 2. The third kappa shape index (κ3) is 2.77. The molecule has 1 aromatic rings. The van der Waals surface area contributed by atoms with E-state index in [-0.39, 0.29) is 51.5 Å². The summed E-state index contributed by atoms with van der Waals surface area (Å²) in [6.07, 6.45) is -4.48. The van der Waals surface area contributed by atoms with E-state index in [1.165, 1.54) is 13.2 Å². The summed E-state index contributed by atoms with van der Waals surface area (Å²) in [6, 6.07) is 0.993. The standard InChI is InChI=1S/C24H24O10/c1-5-12(25)18(28)15-10-6-8(2)32-20-14(10)11(17(15)27)7-13(26)16-21(20)34-23-24(16,30)22(29)19(31-4)9(3)33-23/h6-7,9,12,19,22-23,25,29-30H,5H2,1-4H3. The highest BCUT2D eigenvalue weighted by Gasteiger charge is 2.63. The lowest BCUT2D eigenvalue weighted by Crippen LogP contribution is -2.63. The molecule has 0 radical (unpaired) electrons. The van der Waals surface area contributed by atoms with Gasteiger partial charge < -0.3 is 34.3 Å². The molecule has 0 amide bonds. The number of hydrogen-bond acceptors (Lipinski definition) is 10. The molecule has 10 heteroatoms. The molecule has 0 bridgehead atoms. The van der Waals surface area contributed by atoms with Crippen molar-refractivity contribution in [2.24, 2.45) is 0 Å². The van der Waals surface area contributed by atoms with Gasteiger partial charge in [-0.15, -0.1) is 0 Å². The number of Topliss-reactive ketones (excluding diaryl/α,β-unsaturated/α-hetero) is 2. The average molecular weight is 472 g/mol. The normalized spacial score (nSPS) is 31.7. The summed E-state index contributed by atoms with van der Waals surface area (Å²) in [5.41, 5.74) is -3.46. The maximum atomic E-state index is 13.4. The number of ether oxygens (including phenoxy) is 4. The fourth-order valence-electron chi connectivity index (χ4n) is 5.12. The molecule has 6 unspecified atom stereocenters. The Kier molecular flexibility index (Phi) is 5.08. The number of rotatable bonds is 4. The quantitative estimate of drug-likeness (QED) is 0.524. The number of fused-ring (bicyclic) bond motifs is 4. The first-order valence-electron chi connectivity index (χ1n) is 10.9. The van der Waals surface area contributed by atoms with E-state index in [9.17, 15) is 29.7 Å². The van der Waals surface area contributed by atoms with Crippen molar-refractivity contribution < 1.29 is 43.9 Å². The lowest BCUT2D eigenvalue weighted by Gasteiger charge is -2.44. The van der Waals surface area contributed by atoms with Crippen LogP contribution in [0.4, 0.5) is 0 Å². The molecular weight excluding hydrogens is 448 g/mol. The number of ketones is 2. The average Bonchev–Trinajstić information content (AvgIpc) is 3.19. The molecule has 1 saturated heterocycles. The number of aliphatic hydroxyl groups is 3. The van der Waals surface area contributed by atoms with Gasteiger partial charge in [0.2, 0.25) is 6.29 Å². The lowest BCUT2D eigenvalue weighted by molar-refractivity contribution is -0.310. The number of carbonyl (C=O) groups excluding carboxylic acids is 2. The van der Waals surface area contributed by atoms with E-state index < -0.39 is 53.3 Å². The Morgan fingerprint density at radius 1 is 1.29 bits per heavy atom. The summed E-state index contributed by atoms with van der Waals surface area (Å²) in [5, 5.41) is 32.7. The summed E-state index contributed by atoms with van der Waals surface area (Å²) in [6.45, 7) is 4.82. The van der Waals surface area contributed by atoms with Crippen LogP contribution in [0.1, 0.15) is 48.7 Å². The first kappa shape index (κ1) is 22.9. The van der Waals surface area contributed by atoms with E-state index in [2.05, 4.69) is 0 Å². The highest BCUT2D eigenvalue weighted by molar-refractivity contribution is 6.37. The minimum absolute atomic E-state index is 0.0514. The largest absolute Gasteiger partial charge is 0.457 e. The predicted octanol–water partition coefficient (Wildman–Crippen LogP) is 0.334. The molecule has 1 aromatic carbocycles. The van der Waals surface area contributed by atoms with Gasteiger partial charge in [-0.1, -0.05) is 6.92 Å². The first-order chi connectivity index (χ1) is 16.1. The van der Waals surface area contributed by atoms with Crippen LogP contribution in [0, 0.1) is 0 Å². The van der Waals surface area contributed by atoms with Crippen LogP contribution in [0.2, 0.25) is 0 Å². The molecule has 10 nitrogen and oxygen atoms in total. The Hall–Kier alpha value is -2.89. The fraction of sp³-hybridized carbons (Fsp3) is 0.458. The van der Waals surface area contributed by atoms with Gasteiger partial charge >= 0.3 is 0 Å². The van der Waals surface area contributed by atoms with E-state index in [1.54, 1.807) is 20.8 Å². The summed E-state index contributed by atoms with van der Waals surface area (Å²) >= 11 is 0. The summed E-state index contributed by atoms with van der Waals surface area (Å²) in [7, 11) is 1.34. The third-order valence-corrected chi connectivity index (χ3v) is 6.83. The van der Waals surface area contributed by atoms with Gasteiger partial charge in [0, 0.05) is 23.8 Å². The molecule has 3 N–H and O–H groups in total. The van der Waals surface area contributed by atoms with Crippen molar-refractivity contribution in [2.45, 2.75) is 63.5 Å². The first-order valence-corrected chi connectivity index (χ1v) is 10.9. The van der Waals surface area contributed by atoms with Gasteiger partial charge in [-0.05, 0) is 32.4 Å². The monoisotopic (exact) mass is 472 g/mol. The zero-order chi connectivity index (χ0) is 24.7. The SMILES string of the molecule is CCC(O)C(=O)C1=C2C=C(C)Oc3c4c(c(=O)cc(c32)C1=O)C1(O)C(O4)OC(C)C(OC)C1O. The van der Waals surface area contributed by atoms with Gasteiger partial charge in [-0.2, -0.15) is 0 Å². The van der Waals surface area contributed by atoms with E-state index >= 15 is 0 Å². The molecule has 5 rings (SSSR count). The van der Waals surface area contributed by atoms with Crippen molar-refractivity contribution in [3.63, 3.8) is 0 Å². The Morgan fingerprint density at radius 2 is 2.00 bits per heavy atom. The summed E-state index contributed by atoms with van der Waals surface area (Å²) < 4.78 is 22.7. The number of carbonyl (C=O) groups is 2. The minimum atomic E-state index is -2.30. The molecule has 1 fully saturated rings. The molecule has 0 saturated carbocycles. The molecule has 1 aliphatic carbocycles. The zero-order valence-corrected chi connectivity index (χ0v) is 18.9. The van der Waals surface area contributed by atoms with Crippen LogP contribution in [-0.2, 0) is 19.9 Å². The molecule has 6 atom stereocenters. The van der Waals surface area contributed by atoms with Gasteiger partial charge in [0.15, 0.2) is 34.1 Å². The van der Waals surface area contributed by atoms with Crippen LogP contribution in [0.15, 0.2) is 28.3 Å². The van der Waals surface area contributed by atoms with Crippen molar-refractivity contribution >= 4 is 17.1 Å². The van der Waals surface area contributed by atoms with Crippen LogP contribution in [0.5, 0.6) is 11.5 Å². The molecule has 0 spiro atoms. The van der Waals surface area contributed by atoms with E-state index in [0.717, 1.165) is 6.07 Å². The Balaban J connectivity index is 1.80. The fourth-order valence-corrected chi connectivity index (χ4v) is 5.12. The topological polar surface area (TPSA) is 149 Å². The van der Waals surface area contributed by atoms with Crippen molar-refractivity contribution in [3.8, 4) is 11.5 Å². The van der Waals surface area contributed by atoms with E-state index in [1.807, 2.05) is 0 Å². The van der Waals surface area contributed by atoms with Crippen LogP contribution in [0.25, 0.3) is 5.57 Å². The van der Waals surface area contributed by atoms with Crippen LogP contribution in [-0.4, -0.2) is 64.7 Å². The maximum absolute atomic E-state index is 13.4. The Labute approximate surface area is 194 Å². The minimum Gasteiger partial charge on any atom is -0.457 e. The highest BCUT2D eigenvalue weighted by atomic mass is 16.7. The van der Waals surface area contributed by atoms with Gasteiger partial charge in [-0.3, -0.25) is 14.4 Å². The van der Waals surface area contributed by atoms with E-state index in [4.69, 9.17) is 18.9 Å². The van der Waals surface area contributed by atoms with E-state index in [0.29, 0.717) is 0 Å². The van der Waals surface area contributed by atoms with Crippen molar-refractivity contribution in [3.05, 3.63) is 50.4 Å². The number of allylic oxidation sites excluding steroid dienone is 3. The van der Waals surface area contributed by atoms with Gasteiger partial charge in [0.1, 0.15) is 24.1 Å². The molecule has 3 heterocycles. The van der Waals surface area contributed by atoms with Gasteiger partial charge in [0.25, 0.3) is 0 Å². The second-order valence-electron chi connectivity index (χ2n) is 8.86. The smallest absolute Gasteiger partial charge is 0.236 e. The Bertz CT molecular complexity index is 1260. The van der Waals surface area contributed by atoms with Crippen LogP contribution in [0.3, 0.4) is 0 Å². The molecule has 0 aromatic heterocycles. The number of methoxy groups -OCH3 is 1. The second-order valence-corrected chi connectivity index (χ2v) is 8.86. The highest BCUT2D eigenvalue weighted by Crippen LogP contribution is 2.55. The lowest BCUT2D eigenvalue weighted by atomic mass is 9.82. The number of hydrogen-bond donors (Lipinski definition) is 3. The van der Waals surface area contributed by atoms with Gasteiger partial charge in [0.05, 0.1) is 17.2 Å². The molecule has 34 heavy (non-hydrogen) atoms. The van der Waals surface area contributed by atoms with Crippen molar-refractivity contribution in [1.82, 2.24) is 0 Å². The predicted molar refractivity (Wildman–Crippen MR) is 115 cm³/mol. The maximum Gasteiger partial charge on any atom is 0.236 e. The van der Waals surface area contributed by atoms with Crippen LogP contribution >= 0.6 is 0 Å². The van der Waals surface area contributed by atoms with Gasteiger partial charge in [-0.25, -0.2) is 0 Å². The molecule has 180 valence electrons. The zero-order valence-electron chi connectivity index (χ0n) is 18.9. The summed E-state index contributed by atoms with van der Waals surface area (Å²) in [5.74, 6) is -1.45. The third-order valence-electron chi connectivity index (χ3n) is 6.83. The molecule has 4 aliphatic rings. The second kappa shape index (κ2) is 7.56. The van der Waals surface area contributed by atoms with Crippen molar-refractivity contribution in [1.29, 1.82) is 0 Å².